The number of esters is 2. The average molecular weight is 369 g/mol. The first-order chi connectivity index (χ1) is 12.5. The van der Waals surface area contributed by atoms with Gasteiger partial charge in [0.05, 0.1) is 11.8 Å². The maximum atomic E-state index is 12.2. The molecule has 4 nitrogen and oxygen atoms in total. The van der Waals surface area contributed by atoms with E-state index in [9.17, 15) is 9.59 Å². The van der Waals surface area contributed by atoms with E-state index in [1.54, 1.807) is 0 Å². The molecule has 0 aromatic rings. The van der Waals surface area contributed by atoms with Gasteiger partial charge in [-0.15, -0.1) is 0 Å². The lowest BCUT2D eigenvalue weighted by molar-refractivity contribution is -0.163. The lowest BCUT2D eigenvalue weighted by Crippen LogP contribution is -2.32. The van der Waals surface area contributed by atoms with Gasteiger partial charge < -0.3 is 9.47 Å². The van der Waals surface area contributed by atoms with Gasteiger partial charge in [0.2, 0.25) is 0 Å². The van der Waals surface area contributed by atoms with Crippen molar-refractivity contribution in [2.45, 2.75) is 117 Å². The Morgan fingerprint density at radius 3 is 1.38 bits per heavy atom. The van der Waals surface area contributed by atoms with Gasteiger partial charge in [-0.1, -0.05) is 66.2 Å². The number of hydrogen-bond donors (Lipinski definition) is 0. The van der Waals surface area contributed by atoms with Crippen molar-refractivity contribution in [2.75, 3.05) is 0 Å². The summed E-state index contributed by atoms with van der Waals surface area (Å²) in [5.41, 5.74) is 0. The Kier molecular flexibility index (Phi) is 11.6. The lowest BCUT2D eigenvalue weighted by atomic mass is 9.94. The molecule has 0 N–H and O–H groups in total. The lowest BCUT2D eigenvalue weighted by Gasteiger charge is -2.29. The number of rotatable bonds is 12. The second-order valence-electron chi connectivity index (χ2n) is 8.07. The van der Waals surface area contributed by atoms with Crippen LogP contribution in [-0.2, 0) is 19.1 Å². The molecule has 0 aromatic heterocycles. The minimum atomic E-state index is -0.0638. The molecule has 0 spiro atoms. The number of ether oxygens (including phenoxy) is 2. The monoisotopic (exact) mass is 368 g/mol. The van der Waals surface area contributed by atoms with Crippen molar-refractivity contribution in [1.29, 1.82) is 0 Å². The predicted octanol–water partition coefficient (Wildman–Crippen LogP) is 5.82. The minimum Gasteiger partial charge on any atom is -0.462 e. The quantitative estimate of drug-likeness (QED) is 0.322. The van der Waals surface area contributed by atoms with E-state index in [1.807, 2.05) is 13.8 Å². The molecule has 0 amide bonds. The van der Waals surface area contributed by atoms with E-state index in [-0.39, 0.29) is 36.0 Å². The Labute approximate surface area is 160 Å². The Balaban J connectivity index is 2.23. The molecule has 4 heteroatoms. The van der Waals surface area contributed by atoms with Crippen LogP contribution in [0.5, 0.6) is 0 Å². The van der Waals surface area contributed by atoms with Crippen LogP contribution in [0.4, 0.5) is 0 Å². The molecule has 26 heavy (non-hydrogen) atoms. The molecule has 0 saturated heterocycles. The molecule has 1 aliphatic rings. The smallest absolute Gasteiger partial charge is 0.308 e. The normalized spacial score (nSPS) is 22.5. The molecular formula is C22H40O4. The van der Waals surface area contributed by atoms with Gasteiger partial charge in [-0.2, -0.15) is 0 Å². The first-order valence-electron chi connectivity index (χ1n) is 10.9. The summed E-state index contributed by atoms with van der Waals surface area (Å²) in [6.45, 7) is 8.26. The highest BCUT2D eigenvalue weighted by Crippen LogP contribution is 2.26. The summed E-state index contributed by atoms with van der Waals surface area (Å²) in [4.78, 5) is 24.3. The fourth-order valence-corrected chi connectivity index (χ4v) is 3.47. The first-order valence-corrected chi connectivity index (χ1v) is 10.9. The van der Waals surface area contributed by atoms with E-state index >= 15 is 0 Å². The van der Waals surface area contributed by atoms with Crippen molar-refractivity contribution >= 4 is 11.9 Å². The molecule has 1 saturated carbocycles. The minimum absolute atomic E-state index is 0.00643. The summed E-state index contributed by atoms with van der Waals surface area (Å²) in [5.74, 6) is -0.153. The molecule has 2 atom stereocenters. The van der Waals surface area contributed by atoms with Gasteiger partial charge >= 0.3 is 11.9 Å². The van der Waals surface area contributed by atoms with Crippen LogP contribution in [0.3, 0.4) is 0 Å². The molecule has 2 unspecified atom stereocenters. The van der Waals surface area contributed by atoms with E-state index in [2.05, 4.69) is 13.8 Å². The molecule has 0 radical (unpaired) electrons. The Morgan fingerprint density at radius 1 is 0.731 bits per heavy atom. The number of unbranched alkanes of at least 4 members (excludes halogenated alkanes) is 4. The van der Waals surface area contributed by atoms with Crippen LogP contribution in [0.2, 0.25) is 0 Å². The van der Waals surface area contributed by atoms with Crippen molar-refractivity contribution in [3.05, 3.63) is 0 Å². The first kappa shape index (κ1) is 23.0. The van der Waals surface area contributed by atoms with Crippen molar-refractivity contribution in [2.24, 2.45) is 11.8 Å². The van der Waals surface area contributed by atoms with Crippen molar-refractivity contribution in [3.8, 4) is 0 Å². The highest BCUT2D eigenvalue weighted by molar-refractivity contribution is 5.72. The molecule has 1 rings (SSSR count). The summed E-state index contributed by atoms with van der Waals surface area (Å²) in [6, 6.07) is 0. The van der Waals surface area contributed by atoms with Gasteiger partial charge in [0.1, 0.15) is 12.2 Å². The molecule has 152 valence electrons. The van der Waals surface area contributed by atoms with E-state index in [0.717, 1.165) is 51.4 Å². The SMILES string of the molecule is CCCCCC(C)C(=O)OC1CCC(OC(=O)C(C)CCCCC)CC1. The van der Waals surface area contributed by atoms with Crippen LogP contribution in [0.15, 0.2) is 0 Å². The third-order valence-corrected chi connectivity index (χ3v) is 5.47. The molecule has 0 bridgehead atoms. The van der Waals surface area contributed by atoms with Gasteiger partial charge in [-0.25, -0.2) is 0 Å². The predicted molar refractivity (Wildman–Crippen MR) is 105 cm³/mol. The zero-order valence-electron chi connectivity index (χ0n) is 17.4. The van der Waals surface area contributed by atoms with Crippen molar-refractivity contribution in [3.63, 3.8) is 0 Å². The van der Waals surface area contributed by atoms with Gasteiger partial charge in [0.25, 0.3) is 0 Å². The summed E-state index contributed by atoms with van der Waals surface area (Å²) in [5, 5.41) is 0. The maximum Gasteiger partial charge on any atom is 0.308 e. The summed E-state index contributed by atoms with van der Waals surface area (Å²) in [6.07, 6.45) is 11.9. The van der Waals surface area contributed by atoms with Crippen LogP contribution < -0.4 is 0 Å². The highest BCUT2D eigenvalue weighted by atomic mass is 16.6. The van der Waals surface area contributed by atoms with Gasteiger partial charge in [-0.3, -0.25) is 9.59 Å². The molecular weight excluding hydrogens is 328 g/mol. The van der Waals surface area contributed by atoms with Gasteiger partial charge in [0, 0.05) is 0 Å². The summed E-state index contributed by atoms with van der Waals surface area (Å²) < 4.78 is 11.3. The summed E-state index contributed by atoms with van der Waals surface area (Å²) >= 11 is 0. The fourth-order valence-electron chi connectivity index (χ4n) is 3.47. The molecule has 0 heterocycles. The van der Waals surface area contributed by atoms with E-state index < -0.39 is 0 Å². The van der Waals surface area contributed by atoms with Crippen molar-refractivity contribution < 1.29 is 19.1 Å². The van der Waals surface area contributed by atoms with Crippen LogP contribution in [0, 0.1) is 11.8 Å². The van der Waals surface area contributed by atoms with Crippen LogP contribution >= 0.6 is 0 Å². The Bertz CT molecular complexity index is 361. The Hall–Kier alpha value is -1.06. The third kappa shape index (κ3) is 9.05. The van der Waals surface area contributed by atoms with Gasteiger partial charge in [0.15, 0.2) is 0 Å². The molecule has 0 aliphatic heterocycles. The summed E-state index contributed by atoms with van der Waals surface area (Å²) in [7, 11) is 0. The van der Waals surface area contributed by atoms with Crippen LogP contribution in [-0.4, -0.2) is 24.1 Å². The second kappa shape index (κ2) is 13.2. The number of carbonyl (C=O) groups excluding carboxylic acids is 2. The number of hydrogen-bond acceptors (Lipinski definition) is 4. The maximum absolute atomic E-state index is 12.2. The van der Waals surface area contributed by atoms with Gasteiger partial charge in [-0.05, 0) is 38.5 Å². The van der Waals surface area contributed by atoms with Crippen LogP contribution in [0.1, 0.15) is 105 Å². The zero-order chi connectivity index (χ0) is 19.4. The molecule has 0 aromatic carbocycles. The van der Waals surface area contributed by atoms with E-state index in [0.29, 0.717) is 0 Å². The van der Waals surface area contributed by atoms with Crippen LogP contribution in [0.25, 0.3) is 0 Å². The standard InChI is InChI=1S/C22H40O4/c1-5-7-9-11-17(3)21(23)25-19-13-15-20(16-14-19)26-22(24)18(4)12-10-8-6-2/h17-20H,5-16H2,1-4H3. The average Bonchev–Trinajstić information content (AvgIpc) is 2.63. The fraction of sp³-hybridized carbons (Fsp3) is 0.909. The highest BCUT2D eigenvalue weighted by Gasteiger charge is 2.28. The molecule has 1 aliphatic carbocycles. The molecule has 1 fully saturated rings. The van der Waals surface area contributed by atoms with E-state index in [1.165, 1.54) is 25.7 Å². The van der Waals surface area contributed by atoms with E-state index in [4.69, 9.17) is 9.47 Å². The number of carbonyl (C=O) groups is 2. The third-order valence-electron chi connectivity index (χ3n) is 5.47. The largest absolute Gasteiger partial charge is 0.462 e. The van der Waals surface area contributed by atoms with Crippen molar-refractivity contribution in [1.82, 2.24) is 0 Å². The topological polar surface area (TPSA) is 52.6 Å². The Morgan fingerprint density at radius 2 is 1.08 bits per heavy atom. The second-order valence-corrected chi connectivity index (χ2v) is 8.07. The zero-order valence-corrected chi connectivity index (χ0v) is 17.4.